The van der Waals surface area contributed by atoms with Gasteiger partial charge in [-0.3, -0.25) is 9.59 Å². The van der Waals surface area contributed by atoms with Gasteiger partial charge in [-0.25, -0.2) is 0 Å². The van der Waals surface area contributed by atoms with Crippen LogP contribution in [0.15, 0.2) is 72.8 Å². The van der Waals surface area contributed by atoms with Gasteiger partial charge in [0.05, 0.1) is 12.2 Å². The summed E-state index contributed by atoms with van der Waals surface area (Å²) < 4.78 is 11.6. The fourth-order valence-electron chi connectivity index (χ4n) is 3.54. The molecular formula is C27H25ClN2O4. The van der Waals surface area contributed by atoms with Crippen molar-refractivity contribution in [3.05, 3.63) is 89.0 Å². The molecule has 0 bridgehead atoms. The van der Waals surface area contributed by atoms with Gasteiger partial charge >= 0.3 is 0 Å². The van der Waals surface area contributed by atoms with E-state index in [1.54, 1.807) is 48.2 Å². The Bertz CT molecular complexity index is 1210. The number of nitrogens with zero attached hydrogens (tertiary/aromatic N) is 1. The first-order valence-corrected chi connectivity index (χ1v) is 11.3. The van der Waals surface area contributed by atoms with Gasteiger partial charge in [0.2, 0.25) is 5.91 Å². The third-order valence-electron chi connectivity index (χ3n) is 5.34. The zero-order chi connectivity index (χ0) is 24.1. The van der Waals surface area contributed by atoms with E-state index in [0.29, 0.717) is 35.3 Å². The van der Waals surface area contributed by atoms with Gasteiger partial charge in [0.1, 0.15) is 18.1 Å². The van der Waals surface area contributed by atoms with E-state index >= 15 is 0 Å². The number of halogens is 1. The van der Waals surface area contributed by atoms with Gasteiger partial charge in [0.15, 0.2) is 6.10 Å². The molecule has 1 heterocycles. The molecule has 1 aliphatic heterocycles. The van der Waals surface area contributed by atoms with Crippen molar-refractivity contribution < 1.29 is 19.1 Å². The van der Waals surface area contributed by atoms with Crippen LogP contribution in [0.25, 0.3) is 6.08 Å². The Balaban J connectivity index is 1.41. The number of nitrogens with one attached hydrogen (secondary N) is 1. The fraction of sp³-hybridized carbons (Fsp3) is 0.185. The van der Waals surface area contributed by atoms with E-state index < -0.39 is 6.10 Å². The number of rotatable bonds is 7. The second kappa shape index (κ2) is 10.4. The number of ether oxygens (including phenoxy) is 2. The highest BCUT2D eigenvalue weighted by molar-refractivity contribution is 6.30. The first-order valence-electron chi connectivity index (χ1n) is 11.0. The first-order chi connectivity index (χ1) is 16.4. The minimum Gasteiger partial charge on any atom is -0.492 e. The summed E-state index contributed by atoms with van der Waals surface area (Å²) in [6.07, 6.45) is 2.52. The van der Waals surface area contributed by atoms with Crippen LogP contribution < -0.4 is 19.7 Å². The van der Waals surface area contributed by atoms with E-state index in [-0.39, 0.29) is 11.8 Å². The van der Waals surface area contributed by atoms with Crippen LogP contribution in [0.4, 0.5) is 11.4 Å². The van der Waals surface area contributed by atoms with Gasteiger partial charge in [-0.05, 0) is 61.9 Å². The Kier molecular flexibility index (Phi) is 7.18. The number of hydrogen-bond donors (Lipinski definition) is 1. The molecule has 7 heteroatoms. The largest absolute Gasteiger partial charge is 0.492 e. The predicted molar refractivity (Wildman–Crippen MR) is 135 cm³/mol. The van der Waals surface area contributed by atoms with Gasteiger partial charge in [-0.2, -0.15) is 0 Å². The molecule has 2 amide bonds. The molecule has 0 aromatic heterocycles. The quantitative estimate of drug-likeness (QED) is 0.458. The minimum atomic E-state index is -0.636. The van der Waals surface area contributed by atoms with Gasteiger partial charge in [-0.1, -0.05) is 41.4 Å². The molecule has 174 valence electrons. The SMILES string of the molecule is Cc1ccc(OCCN2C(=O)C(C)Oc3cc(NC(=O)/C=C/c4ccc(Cl)cc4)ccc32)cc1. The van der Waals surface area contributed by atoms with Crippen molar-refractivity contribution in [3.8, 4) is 11.5 Å². The Morgan fingerprint density at radius 3 is 2.59 bits per heavy atom. The highest BCUT2D eigenvalue weighted by Crippen LogP contribution is 2.36. The number of carbonyl (C=O) groups excluding carboxylic acids is 2. The molecule has 0 aliphatic carbocycles. The van der Waals surface area contributed by atoms with Crippen molar-refractivity contribution in [2.75, 3.05) is 23.4 Å². The molecule has 0 radical (unpaired) electrons. The Hall–Kier alpha value is -3.77. The lowest BCUT2D eigenvalue weighted by Gasteiger charge is -2.33. The Morgan fingerprint density at radius 2 is 1.85 bits per heavy atom. The van der Waals surface area contributed by atoms with E-state index in [1.807, 2.05) is 43.3 Å². The number of anilines is 2. The molecule has 1 N–H and O–H groups in total. The van der Waals surface area contributed by atoms with Crippen LogP contribution in [0.2, 0.25) is 5.02 Å². The maximum atomic E-state index is 12.7. The number of amides is 2. The molecule has 0 spiro atoms. The maximum absolute atomic E-state index is 12.7. The normalized spacial score (nSPS) is 15.1. The summed E-state index contributed by atoms with van der Waals surface area (Å²) in [6.45, 7) is 4.44. The van der Waals surface area contributed by atoms with Gasteiger partial charge in [0, 0.05) is 22.9 Å². The highest BCUT2D eigenvalue weighted by Gasteiger charge is 2.31. The standard InChI is InChI=1S/C27H25ClN2O4/c1-18-3-11-23(12-4-18)33-16-15-30-24-13-10-22(17-25(24)34-19(2)27(30)32)29-26(31)14-7-20-5-8-21(28)9-6-20/h3-14,17,19H,15-16H2,1-2H3,(H,29,31)/b14-7+. The molecule has 4 rings (SSSR count). The Morgan fingerprint density at radius 1 is 1.12 bits per heavy atom. The lowest BCUT2D eigenvalue weighted by atomic mass is 10.1. The number of aryl methyl sites for hydroxylation is 1. The number of fused-ring (bicyclic) bond motifs is 1. The van der Waals surface area contributed by atoms with Crippen LogP contribution in [-0.2, 0) is 9.59 Å². The average molecular weight is 477 g/mol. The summed E-state index contributed by atoms with van der Waals surface area (Å²) >= 11 is 5.88. The molecule has 3 aromatic rings. The minimum absolute atomic E-state index is 0.136. The van der Waals surface area contributed by atoms with Crippen LogP contribution in [-0.4, -0.2) is 31.1 Å². The molecule has 0 saturated heterocycles. The van der Waals surface area contributed by atoms with E-state index in [2.05, 4.69) is 5.32 Å². The Labute approximate surface area is 203 Å². The van der Waals surface area contributed by atoms with Crippen LogP contribution >= 0.6 is 11.6 Å². The van der Waals surface area contributed by atoms with Crippen LogP contribution in [0.3, 0.4) is 0 Å². The van der Waals surface area contributed by atoms with Crippen molar-refractivity contribution in [2.24, 2.45) is 0 Å². The number of hydrogen-bond acceptors (Lipinski definition) is 4. The van der Waals surface area contributed by atoms with Crippen molar-refractivity contribution in [1.82, 2.24) is 0 Å². The molecule has 1 atom stereocenters. The summed E-state index contributed by atoms with van der Waals surface area (Å²) in [4.78, 5) is 26.7. The van der Waals surface area contributed by atoms with Gasteiger partial charge < -0.3 is 19.7 Å². The summed E-state index contributed by atoms with van der Waals surface area (Å²) in [7, 11) is 0. The predicted octanol–water partition coefficient (Wildman–Crippen LogP) is 5.49. The molecule has 1 unspecified atom stereocenters. The molecule has 1 aliphatic rings. The molecule has 0 fully saturated rings. The number of benzene rings is 3. The lowest BCUT2D eigenvalue weighted by Crippen LogP contribution is -2.46. The lowest BCUT2D eigenvalue weighted by molar-refractivity contribution is -0.125. The van der Waals surface area contributed by atoms with Crippen molar-refractivity contribution >= 4 is 40.9 Å². The highest BCUT2D eigenvalue weighted by atomic mass is 35.5. The van der Waals surface area contributed by atoms with Crippen LogP contribution in [0.5, 0.6) is 11.5 Å². The van der Waals surface area contributed by atoms with Crippen LogP contribution in [0, 0.1) is 6.92 Å². The third kappa shape index (κ3) is 5.77. The summed E-state index contributed by atoms with van der Waals surface area (Å²) in [6, 6.07) is 20.2. The summed E-state index contributed by atoms with van der Waals surface area (Å²) in [5.74, 6) is 0.868. The molecule has 6 nitrogen and oxygen atoms in total. The molecule has 34 heavy (non-hydrogen) atoms. The third-order valence-corrected chi connectivity index (χ3v) is 5.59. The van der Waals surface area contributed by atoms with Crippen molar-refractivity contribution in [1.29, 1.82) is 0 Å². The molecule has 3 aromatic carbocycles. The maximum Gasteiger partial charge on any atom is 0.267 e. The second-order valence-corrected chi connectivity index (χ2v) is 8.40. The average Bonchev–Trinajstić information content (AvgIpc) is 2.82. The van der Waals surface area contributed by atoms with Crippen molar-refractivity contribution in [3.63, 3.8) is 0 Å². The first kappa shape index (κ1) is 23.4. The number of carbonyl (C=O) groups is 2. The molecule has 0 saturated carbocycles. The fourth-order valence-corrected chi connectivity index (χ4v) is 3.66. The van der Waals surface area contributed by atoms with E-state index in [4.69, 9.17) is 21.1 Å². The van der Waals surface area contributed by atoms with Crippen LogP contribution in [0.1, 0.15) is 18.1 Å². The smallest absolute Gasteiger partial charge is 0.267 e. The topological polar surface area (TPSA) is 67.9 Å². The monoisotopic (exact) mass is 476 g/mol. The zero-order valence-corrected chi connectivity index (χ0v) is 19.7. The summed E-state index contributed by atoms with van der Waals surface area (Å²) in [5, 5.41) is 3.46. The van der Waals surface area contributed by atoms with Gasteiger partial charge in [-0.15, -0.1) is 0 Å². The second-order valence-electron chi connectivity index (χ2n) is 7.97. The van der Waals surface area contributed by atoms with E-state index in [0.717, 1.165) is 16.9 Å². The zero-order valence-electron chi connectivity index (χ0n) is 19.0. The summed E-state index contributed by atoms with van der Waals surface area (Å²) in [5.41, 5.74) is 3.23. The van der Waals surface area contributed by atoms with E-state index in [1.165, 1.54) is 6.08 Å². The van der Waals surface area contributed by atoms with E-state index in [9.17, 15) is 9.59 Å². The molecular weight excluding hydrogens is 452 g/mol. The van der Waals surface area contributed by atoms with Gasteiger partial charge in [0.25, 0.3) is 5.91 Å². The van der Waals surface area contributed by atoms with Crippen molar-refractivity contribution in [2.45, 2.75) is 20.0 Å².